The van der Waals surface area contributed by atoms with E-state index in [1.165, 1.54) is 0 Å². The van der Waals surface area contributed by atoms with E-state index < -0.39 is 30.5 Å². The summed E-state index contributed by atoms with van der Waals surface area (Å²) < 4.78 is 39.1. The quantitative estimate of drug-likeness (QED) is 0.189. The van der Waals surface area contributed by atoms with Crippen LogP contribution in [0.3, 0.4) is 0 Å². The topological polar surface area (TPSA) is 84.5 Å². The van der Waals surface area contributed by atoms with Gasteiger partial charge in [-0.3, -0.25) is 4.79 Å². The lowest BCUT2D eigenvalue weighted by Gasteiger charge is -2.46. The van der Waals surface area contributed by atoms with Crippen LogP contribution in [0, 0.1) is 0 Å². The molecule has 0 radical (unpaired) electrons. The Bertz CT molecular complexity index is 1570. The van der Waals surface area contributed by atoms with Crippen LogP contribution in [0.5, 0.6) is 0 Å². The molecule has 0 unspecified atom stereocenters. The number of nitrogens with one attached hydrogen (secondary N) is 1. The third-order valence-electron chi connectivity index (χ3n) is 8.86. The van der Waals surface area contributed by atoms with Gasteiger partial charge < -0.3 is 33.7 Å². The Morgan fingerprint density at radius 3 is 1.50 bits per heavy atom. The highest BCUT2D eigenvalue weighted by Crippen LogP contribution is 2.32. The molecule has 2 aliphatic rings. The fourth-order valence-electron chi connectivity index (χ4n) is 6.37. The molecule has 1 amide bonds. The predicted octanol–water partition coefficient (Wildman–Crippen LogP) is 6.23. The molecule has 1 fully saturated rings. The molecule has 4 aromatic rings. The van der Waals surface area contributed by atoms with Crippen LogP contribution in [0.25, 0.3) is 0 Å². The summed E-state index contributed by atoms with van der Waals surface area (Å²) in [5.74, 6) is -0.150. The van der Waals surface area contributed by atoms with Gasteiger partial charge >= 0.3 is 0 Å². The Morgan fingerprint density at radius 2 is 0.980 bits per heavy atom. The van der Waals surface area contributed by atoms with E-state index in [4.69, 9.17) is 28.4 Å². The zero-order chi connectivity index (χ0) is 34.2. The number of hydrogen-bond donors (Lipinski definition) is 1. The summed E-state index contributed by atoms with van der Waals surface area (Å²) in [5, 5.41) is 3.24. The van der Waals surface area contributed by atoms with E-state index in [1.807, 2.05) is 121 Å². The van der Waals surface area contributed by atoms with Crippen molar-refractivity contribution in [1.29, 1.82) is 0 Å². The first-order valence-corrected chi connectivity index (χ1v) is 17.5. The van der Waals surface area contributed by atoms with E-state index in [-0.39, 0.29) is 25.0 Å². The summed E-state index contributed by atoms with van der Waals surface area (Å²) in [6.07, 6.45) is 1.68. The standard InChI is InChI=1S/C42H47NO7/c44-39-26-37-40(47-27-33-17-7-2-8-18-33)42(49-29-35-21-11-4-12-22-35)41(48-28-34-19-9-3-10-20-34)38(50-37)31-46-24-14-13-23-45-30-36(43-39)25-32-15-5-1-6-16-32/h1-22,36-38,40-42H,23-31H2,(H,43,44)/b14-13+/t36-,37-,38+,40-,41+,42+/m0/s1. The van der Waals surface area contributed by atoms with Crippen molar-refractivity contribution in [2.75, 3.05) is 26.4 Å². The number of amides is 1. The van der Waals surface area contributed by atoms with Crippen molar-refractivity contribution in [3.63, 3.8) is 0 Å². The average Bonchev–Trinajstić information content (AvgIpc) is 3.16. The average molecular weight is 678 g/mol. The van der Waals surface area contributed by atoms with Crippen LogP contribution in [0.15, 0.2) is 133 Å². The van der Waals surface area contributed by atoms with Crippen molar-refractivity contribution in [3.8, 4) is 0 Å². The first kappa shape index (κ1) is 35.7. The Morgan fingerprint density at radius 1 is 0.540 bits per heavy atom. The summed E-state index contributed by atoms with van der Waals surface area (Å²) in [6, 6.07) is 40.0. The molecule has 2 bridgehead atoms. The van der Waals surface area contributed by atoms with Crippen LogP contribution in [0.2, 0.25) is 0 Å². The molecule has 0 saturated carbocycles. The minimum atomic E-state index is -0.636. The molecular formula is C42H47NO7. The van der Waals surface area contributed by atoms with E-state index in [1.54, 1.807) is 0 Å². The summed E-state index contributed by atoms with van der Waals surface area (Å²) in [7, 11) is 0. The summed E-state index contributed by atoms with van der Waals surface area (Å²) in [6.45, 7) is 2.43. The van der Waals surface area contributed by atoms with E-state index in [2.05, 4.69) is 17.4 Å². The smallest absolute Gasteiger partial charge is 0.223 e. The minimum absolute atomic E-state index is 0.0656. The second-order valence-electron chi connectivity index (χ2n) is 12.7. The molecule has 8 nitrogen and oxygen atoms in total. The highest BCUT2D eigenvalue weighted by atomic mass is 16.6. The first-order valence-electron chi connectivity index (χ1n) is 17.5. The van der Waals surface area contributed by atoms with Crippen molar-refractivity contribution in [2.24, 2.45) is 0 Å². The molecule has 2 aliphatic heterocycles. The maximum absolute atomic E-state index is 13.9. The summed E-state index contributed by atoms with van der Waals surface area (Å²) in [4.78, 5) is 13.9. The van der Waals surface area contributed by atoms with Crippen molar-refractivity contribution in [2.45, 2.75) is 69.2 Å². The number of ether oxygens (including phenoxy) is 6. The number of benzene rings is 4. The van der Waals surface area contributed by atoms with Crippen molar-refractivity contribution in [1.82, 2.24) is 5.32 Å². The normalized spacial score (nSPS) is 25.5. The van der Waals surface area contributed by atoms with Gasteiger partial charge in [-0.25, -0.2) is 0 Å². The second-order valence-corrected chi connectivity index (χ2v) is 12.7. The fraction of sp³-hybridized carbons (Fsp3) is 0.357. The van der Waals surface area contributed by atoms with E-state index in [9.17, 15) is 4.79 Å². The lowest BCUT2D eigenvalue weighted by Crippen LogP contribution is -2.62. The fourth-order valence-corrected chi connectivity index (χ4v) is 6.37. The first-order chi connectivity index (χ1) is 24.7. The van der Waals surface area contributed by atoms with Crippen LogP contribution in [0.1, 0.15) is 28.7 Å². The third kappa shape index (κ3) is 10.9. The predicted molar refractivity (Wildman–Crippen MR) is 191 cm³/mol. The molecule has 6 rings (SSSR count). The molecule has 1 N–H and O–H groups in total. The SMILES string of the molecule is O=C1C[C@@H]2O[C@H](COC/C=C/COC[C@H](Cc3ccccc3)N1)[C@@H](OCc1ccccc1)[C@H](OCc1ccccc1)[C@H]2OCc1ccccc1. The monoisotopic (exact) mass is 677 g/mol. The molecule has 0 aliphatic carbocycles. The zero-order valence-electron chi connectivity index (χ0n) is 28.4. The van der Waals surface area contributed by atoms with Crippen LogP contribution in [0.4, 0.5) is 0 Å². The molecule has 4 aromatic carbocycles. The molecule has 8 heteroatoms. The highest BCUT2D eigenvalue weighted by molar-refractivity contribution is 5.77. The molecule has 50 heavy (non-hydrogen) atoms. The number of fused-ring (bicyclic) bond motifs is 2. The Balaban J connectivity index is 1.30. The summed E-state index contributed by atoms with van der Waals surface area (Å²) >= 11 is 0. The highest BCUT2D eigenvalue weighted by Gasteiger charge is 2.49. The molecule has 0 spiro atoms. The molecule has 262 valence electrons. The number of rotatable bonds is 11. The van der Waals surface area contributed by atoms with Gasteiger partial charge in [0.25, 0.3) is 0 Å². The van der Waals surface area contributed by atoms with Crippen molar-refractivity contribution in [3.05, 3.63) is 156 Å². The number of carbonyl (C=O) groups is 1. The van der Waals surface area contributed by atoms with Gasteiger partial charge in [-0.05, 0) is 28.7 Å². The Labute approximate surface area is 295 Å². The molecular weight excluding hydrogens is 630 g/mol. The van der Waals surface area contributed by atoms with E-state index in [0.717, 1.165) is 22.3 Å². The molecule has 1 saturated heterocycles. The van der Waals surface area contributed by atoms with Gasteiger partial charge in [-0.2, -0.15) is 0 Å². The van der Waals surface area contributed by atoms with Crippen LogP contribution < -0.4 is 5.32 Å². The van der Waals surface area contributed by atoms with Crippen LogP contribution in [-0.4, -0.2) is 68.9 Å². The van der Waals surface area contributed by atoms with Crippen LogP contribution in [-0.2, 0) is 59.5 Å². The second kappa shape index (κ2) is 19.3. The van der Waals surface area contributed by atoms with Gasteiger partial charge in [0.1, 0.15) is 24.4 Å². The van der Waals surface area contributed by atoms with Crippen LogP contribution >= 0.6 is 0 Å². The van der Waals surface area contributed by atoms with Gasteiger partial charge in [0.15, 0.2) is 0 Å². The van der Waals surface area contributed by atoms with Gasteiger partial charge in [0, 0.05) is 0 Å². The van der Waals surface area contributed by atoms with E-state index in [0.29, 0.717) is 46.1 Å². The molecule has 6 atom stereocenters. The third-order valence-corrected chi connectivity index (χ3v) is 8.86. The molecule has 0 aromatic heterocycles. The Kier molecular flexibility index (Phi) is 13.8. The zero-order valence-corrected chi connectivity index (χ0v) is 28.4. The molecule has 2 heterocycles. The van der Waals surface area contributed by atoms with Crippen molar-refractivity contribution < 1.29 is 33.2 Å². The van der Waals surface area contributed by atoms with Crippen molar-refractivity contribution >= 4 is 5.91 Å². The maximum Gasteiger partial charge on any atom is 0.223 e. The number of carbonyl (C=O) groups excluding carboxylic acids is 1. The largest absolute Gasteiger partial charge is 0.375 e. The van der Waals surface area contributed by atoms with Gasteiger partial charge in [0.05, 0.1) is 64.8 Å². The van der Waals surface area contributed by atoms with Gasteiger partial charge in [0.2, 0.25) is 5.91 Å². The lowest BCUT2D eigenvalue weighted by molar-refractivity contribution is -0.271. The maximum atomic E-state index is 13.9. The number of hydrogen-bond acceptors (Lipinski definition) is 7. The summed E-state index contributed by atoms with van der Waals surface area (Å²) in [5.41, 5.74) is 4.18. The Hall–Kier alpha value is -4.15. The lowest BCUT2D eigenvalue weighted by atomic mass is 9.92. The van der Waals surface area contributed by atoms with Gasteiger partial charge in [-0.15, -0.1) is 0 Å². The van der Waals surface area contributed by atoms with E-state index >= 15 is 0 Å². The minimum Gasteiger partial charge on any atom is -0.375 e. The van der Waals surface area contributed by atoms with Gasteiger partial charge in [-0.1, -0.05) is 133 Å².